The van der Waals surface area contributed by atoms with Crippen molar-refractivity contribution in [2.75, 3.05) is 7.11 Å². The number of nitrogens with two attached hydrogens (primary N) is 1. The average molecular weight is 319 g/mol. The molecule has 0 saturated heterocycles. The summed E-state index contributed by atoms with van der Waals surface area (Å²) in [6.45, 7) is 0. The number of aliphatic carboxylic acids is 1. The van der Waals surface area contributed by atoms with Crippen LogP contribution in [-0.4, -0.2) is 29.8 Å². The van der Waals surface area contributed by atoms with E-state index in [2.05, 4.69) is 0 Å². The zero-order valence-corrected chi connectivity index (χ0v) is 13.6. The first-order valence-electron chi connectivity index (χ1n) is 8.39. The van der Waals surface area contributed by atoms with Gasteiger partial charge in [0.25, 0.3) is 0 Å². The minimum absolute atomic E-state index is 0.160. The molecule has 2 unspecified atom stereocenters. The highest BCUT2D eigenvalue weighted by atomic mass is 16.5. The van der Waals surface area contributed by atoms with E-state index in [4.69, 9.17) is 15.2 Å². The first kappa shape index (κ1) is 16.1. The van der Waals surface area contributed by atoms with Crippen LogP contribution in [0.3, 0.4) is 0 Å². The monoisotopic (exact) mass is 319 g/mol. The number of methoxy groups -OCH3 is 1. The van der Waals surface area contributed by atoms with E-state index in [9.17, 15) is 9.90 Å². The van der Waals surface area contributed by atoms with Crippen molar-refractivity contribution in [3.8, 4) is 11.5 Å². The van der Waals surface area contributed by atoms with E-state index in [1.54, 1.807) is 7.11 Å². The topological polar surface area (TPSA) is 81.8 Å². The number of carbonyl (C=O) groups is 1. The number of hydrogen-bond donors (Lipinski definition) is 2. The van der Waals surface area contributed by atoms with Gasteiger partial charge in [-0.1, -0.05) is 6.07 Å². The van der Waals surface area contributed by atoms with Gasteiger partial charge >= 0.3 is 5.97 Å². The molecule has 0 amide bonds. The predicted molar refractivity (Wildman–Crippen MR) is 87.0 cm³/mol. The van der Waals surface area contributed by atoms with Crippen molar-refractivity contribution in [3.63, 3.8) is 0 Å². The fourth-order valence-corrected chi connectivity index (χ4v) is 3.78. The first-order chi connectivity index (χ1) is 11.0. The zero-order valence-electron chi connectivity index (χ0n) is 13.6. The maximum Gasteiger partial charge on any atom is 0.323 e. The zero-order chi connectivity index (χ0) is 16.4. The molecule has 2 aliphatic carbocycles. The maximum atomic E-state index is 11.3. The molecule has 5 heteroatoms. The second-order valence-electron chi connectivity index (χ2n) is 6.84. The average Bonchev–Trinajstić information content (AvgIpc) is 3.18. The molecule has 0 heterocycles. The summed E-state index contributed by atoms with van der Waals surface area (Å²) < 4.78 is 11.5. The molecular weight excluding hydrogens is 294 g/mol. The van der Waals surface area contributed by atoms with Crippen LogP contribution in [0.15, 0.2) is 18.2 Å². The van der Waals surface area contributed by atoms with Crippen LogP contribution in [0.2, 0.25) is 0 Å². The Bertz CT molecular complexity index is 582. The van der Waals surface area contributed by atoms with E-state index in [-0.39, 0.29) is 12.0 Å². The van der Waals surface area contributed by atoms with Gasteiger partial charge < -0.3 is 20.3 Å². The summed E-state index contributed by atoms with van der Waals surface area (Å²) in [4.78, 5) is 11.3. The third-order valence-electron chi connectivity index (χ3n) is 5.23. The molecule has 2 fully saturated rings. The van der Waals surface area contributed by atoms with Crippen LogP contribution < -0.4 is 15.2 Å². The summed E-state index contributed by atoms with van der Waals surface area (Å²) in [5, 5.41) is 9.29. The SMILES string of the molecule is COc1ccc(C2CCC(N)(C(=O)O)C2)cc1OC1CCCC1. The van der Waals surface area contributed by atoms with Crippen LogP contribution in [0.1, 0.15) is 56.4 Å². The first-order valence-corrected chi connectivity index (χ1v) is 8.39. The van der Waals surface area contributed by atoms with Crippen molar-refractivity contribution in [1.82, 2.24) is 0 Å². The molecule has 0 aliphatic heterocycles. The molecule has 23 heavy (non-hydrogen) atoms. The summed E-state index contributed by atoms with van der Waals surface area (Å²) >= 11 is 0. The molecule has 2 saturated carbocycles. The molecule has 0 aromatic heterocycles. The summed E-state index contributed by atoms with van der Waals surface area (Å²) in [5.74, 6) is 0.751. The Balaban J connectivity index is 1.79. The van der Waals surface area contributed by atoms with Gasteiger partial charge in [-0.25, -0.2) is 0 Å². The Morgan fingerprint density at radius 2 is 2.00 bits per heavy atom. The lowest BCUT2D eigenvalue weighted by molar-refractivity contribution is -0.143. The van der Waals surface area contributed by atoms with Crippen LogP contribution in [0.5, 0.6) is 11.5 Å². The molecule has 0 spiro atoms. The smallest absolute Gasteiger partial charge is 0.323 e. The van der Waals surface area contributed by atoms with Crippen molar-refractivity contribution in [3.05, 3.63) is 23.8 Å². The Morgan fingerprint density at radius 3 is 2.61 bits per heavy atom. The molecule has 1 aromatic carbocycles. The minimum atomic E-state index is -1.10. The number of carboxylic acid groups (broad SMARTS) is 1. The van der Waals surface area contributed by atoms with Gasteiger partial charge in [-0.2, -0.15) is 0 Å². The molecule has 5 nitrogen and oxygen atoms in total. The summed E-state index contributed by atoms with van der Waals surface area (Å²) in [6.07, 6.45) is 6.62. The van der Waals surface area contributed by atoms with Gasteiger partial charge in [0.15, 0.2) is 11.5 Å². The lowest BCUT2D eigenvalue weighted by Crippen LogP contribution is -2.45. The number of benzene rings is 1. The number of ether oxygens (including phenoxy) is 2. The van der Waals surface area contributed by atoms with Crippen LogP contribution in [0, 0.1) is 0 Å². The molecule has 2 aliphatic rings. The van der Waals surface area contributed by atoms with Gasteiger partial charge in [-0.15, -0.1) is 0 Å². The molecule has 0 radical (unpaired) electrons. The fraction of sp³-hybridized carbons (Fsp3) is 0.611. The number of hydrogen-bond acceptors (Lipinski definition) is 4. The summed E-state index contributed by atoms with van der Waals surface area (Å²) in [7, 11) is 1.64. The van der Waals surface area contributed by atoms with Crippen LogP contribution >= 0.6 is 0 Å². The third kappa shape index (κ3) is 3.29. The fourth-order valence-electron chi connectivity index (χ4n) is 3.78. The van der Waals surface area contributed by atoms with Gasteiger partial charge in [0.1, 0.15) is 5.54 Å². The second kappa shape index (κ2) is 6.40. The normalized spacial score (nSPS) is 28.0. The maximum absolute atomic E-state index is 11.3. The lowest BCUT2D eigenvalue weighted by atomic mass is 9.93. The number of rotatable bonds is 5. The van der Waals surface area contributed by atoms with Gasteiger partial charge in [0.05, 0.1) is 13.2 Å². The standard InChI is InChI=1S/C18H25NO4/c1-22-15-7-6-12(10-16(15)23-14-4-2-3-5-14)13-8-9-18(19,11-13)17(20)21/h6-7,10,13-14H,2-5,8-9,11,19H2,1H3,(H,20,21). The molecule has 126 valence electrons. The van der Waals surface area contributed by atoms with Crippen molar-refractivity contribution in [1.29, 1.82) is 0 Å². The van der Waals surface area contributed by atoms with Gasteiger partial charge in [0, 0.05) is 0 Å². The van der Waals surface area contributed by atoms with Crippen molar-refractivity contribution in [2.24, 2.45) is 5.73 Å². The van der Waals surface area contributed by atoms with Crippen LogP contribution in [0.4, 0.5) is 0 Å². The van der Waals surface area contributed by atoms with E-state index < -0.39 is 11.5 Å². The Morgan fingerprint density at radius 1 is 1.26 bits per heavy atom. The molecule has 1 aromatic rings. The lowest BCUT2D eigenvalue weighted by Gasteiger charge is -2.20. The van der Waals surface area contributed by atoms with Crippen LogP contribution in [0.25, 0.3) is 0 Å². The van der Waals surface area contributed by atoms with E-state index in [1.807, 2.05) is 18.2 Å². The predicted octanol–water partition coefficient (Wildman–Crippen LogP) is 3.07. The molecule has 0 bridgehead atoms. The molecule has 3 rings (SSSR count). The molecular formula is C18H25NO4. The Labute approximate surface area is 136 Å². The quantitative estimate of drug-likeness (QED) is 0.871. The molecule has 2 atom stereocenters. The highest BCUT2D eigenvalue weighted by Gasteiger charge is 2.42. The highest BCUT2D eigenvalue weighted by Crippen LogP contribution is 2.42. The highest BCUT2D eigenvalue weighted by molar-refractivity contribution is 5.79. The summed E-state index contributed by atoms with van der Waals surface area (Å²) in [5.41, 5.74) is 5.99. The molecule has 3 N–H and O–H groups in total. The Hall–Kier alpha value is -1.75. The van der Waals surface area contributed by atoms with E-state index in [0.29, 0.717) is 12.8 Å². The van der Waals surface area contributed by atoms with Crippen LogP contribution in [-0.2, 0) is 4.79 Å². The second-order valence-corrected chi connectivity index (χ2v) is 6.84. The van der Waals surface area contributed by atoms with E-state index in [0.717, 1.165) is 36.3 Å². The largest absolute Gasteiger partial charge is 0.493 e. The van der Waals surface area contributed by atoms with Gasteiger partial charge in [-0.05, 0) is 68.6 Å². The Kier molecular flexibility index (Phi) is 4.48. The van der Waals surface area contributed by atoms with Crippen molar-refractivity contribution < 1.29 is 19.4 Å². The third-order valence-corrected chi connectivity index (χ3v) is 5.23. The number of carboxylic acids is 1. The minimum Gasteiger partial charge on any atom is -0.493 e. The van der Waals surface area contributed by atoms with Crippen molar-refractivity contribution >= 4 is 5.97 Å². The van der Waals surface area contributed by atoms with Gasteiger partial charge in [0.2, 0.25) is 0 Å². The van der Waals surface area contributed by atoms with E-state index >= 15 is 0 Å². The van der Waals surface area contributed by atoms with Crippen molar-refractivity contribution in [2.45, 2.75) is 62.5 Å². The summed E-state index contributed by atoms with van der Waals surface area (Å²) in [6, 6.07) is 5.92. The van der Waals surface area contributed by atoms with Gasteiger partial charge in [-0.3, -0.25) is 4.79 Å². The van der Waals surface area contributed by atoms with E-state index in [1.165, 1.54) is 12.8 Å².